The van der Waals surface area contributed by atoms with Crippen LogP contribution >= 0.6 is 0 Å². The lowest BCUT2D eigenvalue weighted by Crippen LogP contribution is -2.05. The zero-order valence-electron chi connectivity index (χ0n) is 10.3. The molecule has 0 saturated carbocycles. The highest BCUT2D eigenvalue weighted by Gasteiger charge is 1.98. The largest absolute Gasteiger partial charge is 0.321 e. The first-order valence-electron chi connectivity index (χ1n) is 5.83. The molecule has 3 nitrogen and oxygen atoms in total. The van der Waals surface area contributed by atoms with Gasteiger partial charge in [-0.05, 0) is 25.5 Å². The number of nitrogens with one attached hydrogen (secondary N) is 1. The Morgan fingerprint density at radius 3 is 2.94 bits per heavy atom. The van der Waals surface area contributed by atoms with Gasteiger partial charge in [-0.2, -0.15) is 0 Å². The maximum absolute atomic E-state index is 11.2. The van der Waals surface area contributed by atoms with Gasteiger partial charge in [0.2, 0.25) is 5.56 Å². The minimum Gasteiger partial charge on any atom is -0.321 e. The third-order valence-corrected chi connectivity index (χ3v) is 2.16. The normalized spacial score (nSPS) is 12.7. The third kappa shape index (κ3) is 4.64. The Hall–Kier alpha value is -1.90. The van der Waals surface area contributed by atoms with Crippen LogP contribution in [0.3, 0.4) is 0 Å². The number of H-pyrrole nitrogens is 1. The van der Waals surface area contributed by atoms with E-state index in [0.29, 0.717) is 0 Å². The number of hydrogen-bond acceptors (Lipinski definition) is 2. The fourth-order valence-electron chi connectivity index (χ4n) is 1.32. The van der Waals surface area contributed by atoms with Crippen LogP contribution in [0.5, 0.6) is 0 Å². The molecular formula is C14H18N2O. The van der Waals surface area contributed by atoms with Gasteiger partial charge in [-0.25, -0.2) is 0 Å². The van der Waals surface area contributed by atoms with Gasteiger partial charge in [-0.15, -0.1) is 0 Å². The van der Waals surface area contributed by atoms with Gasteiger partial charge in [0.15, 0.2) is 0 Å². The lowest BCUT2D eigenvalue weighted by atomic mass is 10.2. The Bertz CT molecular complexity index is 481. The first-order chi connectivity index (χ1) is 8.27. The van der Waals surface area contributed by atoms with Crippen molar-refractivity contribution in [2.45, 2.75) is 26.7 Å². The van der Waals surface area contributed by atoms with Crippen molar-refractivity contribution in [1.82, 2.24) is 4.98 Å². The number of aromatic nitrogens is 1. The van der Waals surface area contributed by atoms with E-state index in [1.807, 2.05) is 31.2 Å². The highest BCUT2D eigenvalue weighted by Crippen LogP contribution is 2.12. The summed E-state index contributed by atoms with van der Waals surface area (Å²) in [6, 6.07) is 5.09. The maximum Gasteiger partial charge on any atom is 0.248 e. The highest BCUT2D eigenvalue weighted by atomic mass is 16.1. The highest BCUT2D eigenvalue weighted by molar-refractivity contribution is 5.79. The molecule has 0 unspecified atom stereocenters. The Balaban J connectivity index is 3.02. The van der Waals surface area contributed by atoms with Crippen LogP contribution in [0.4, 0.5) is 0 Å². The van der Waals surface area contributed by atoms with E-state index in [4.69, 9.17) is 0 Å². The predicted octanol–water partition coefficient (Wildman–Crippen LogP) is 3.16. The molecule has 3 heteroatoms. The van der Waals surface area contributed by atoms with Crippen molar-refractivity contribution >= 4 is 11.9 Å². The van der Waals surface area contributed by atoms with Crippen molar-refractivity contribution in [3.8, 4) is 0 Å². The molecule has 1 aromatic rings. The fraction of sp³-hybridized carbons (Fsp3) is 0.286. The van der Waals surface area contributed by atoms with E-state index in [1.54, 1.807) is 12.3 Å². The molecule has 0 bridgehead atoms. The molecule has 0 aromatic carbocycles. The average Bonchev–Trinajstić information content (AvgIpc) is 2.33. The summed E-state index contributed by atoms with van der Waals surface area (Å²) in [7, 11) is 0. The Labute approximate surface area is 102 Å². The van der Waals surface area contributed by atoms with Gasteiger partial charge in [-0.3, -0.25) is 9.79 Å². The summed E-state index contributed by atoms with van der Waals surface area (Å²) in [5.74, 6) is 0. The van der Waals surface area contributed by atoms with Crippen LogP contribution in [0.15, 0.2) is 46.2 Å². The molecule has 1 N–H and O–H groups in total. The van der Waals surface area contributed by atoms with E-state index in [-0.39, 0.29) is 5.56 Å². The number of unbranched alkanes of at least 4 members (excludes halogenated alkanes) is 1. The predicted molar refractivity (Wildman–Crippen MR) is 73.3 cm³/mol. The second-order valence-corrected chi connectivity index (χ2v) is 3.61. The van der Waals surface area contributed by atoms with Crippen molar-refractivity contribution < 1.29 is 0 Å². The summed E-state index contributed by atoms with van der Waals surface area (Å²) in [5.41, 5.74) is 1.46. The molecule has 1 aromatic heterocycles. The number of rotatable bonds is 5. The summed E-state index contributed by atoms with van der Waals surface area (Å²) in [5, 5.41) is 0. The molecule has 0 atom stereocenters. The van der Waals surface area contributed by atoms with E-state index in [9.17, 15) is 4.79 Å². The molecule has 0 aliphatic rings. The van der Waals surface area contributed by atoms with Crippen LogP contribution in [0.25, 0.3) is 5.70 Å². The second kappa shape index (κ2) is 7.39. The van der Waals surface area contributed by atoms with Gasteiger partial charge in [0.05, 0.1) is 11.4 Å². The van der Waals surface area contributed by atoms with Crippen LogP contribution < -0.4 is 5.56 Å². The molecular weight excluding hydrogens is 212 g/mol. The van der Waals surface area contributed by atoms with Crippen LogP contribution in [-0.4, -0.2) is 11.2 Å². The molecule has 0 radical (unpaired) electrons. The van der Waals surface area contributed by atoms with E-state index >= 15 is 0 Å². The molecule has 0 fully saturated rings. The number of aliphatic imine (C=N–C) groups is 1. The number of allylic oxidation sites excluding steroid dienone is 3. The van der Waals surface area contributed by atoms with Crippen LogP contribution in [0.2, 0.25) is 0 Å². The molecule has 17 heavy (non-hydrogen) atoms. The molecule has 1 heterocycles. The SMILES string of the molecule is C\C=C/C=N/C(=C/CCC)c1cccc(=O)[nH]1. The molecule has 0 amide bonds. The van der Waals surface area contributed by atoms with Crippen molar-refractivity contribution in [2.24, 2.45) is 4.99 Å². The third-order valence-electron chi connectivity index (χ3n) is 2.16. The monoisotopic (exact) mass is 230 g/mol. The van der Waals surface area contributed by atoms with E-state index in [0.717, 1.165) is 24.2 Å². The summed E-state index contributed by atoms with van der Waals surface area (Å²) in [6.07, 6.45) is 9.53. The lowest BCUT2D eigenvalue weighted by molar-refractivity contribution is 0.957. The maximum atomic E-state index is 11.2. The van der Waals surface area contributed by atoms with Gasteiger partial charge < -0.3 is 4.98 Å². The summed E-state index contributed by atoms with van der Waals surface area (Å²) < 4.78 is 0. The van der Waals surface area contributed by atoms with Crippen molar-refractivity contribution in [3.63, 3.8) is 0 Å². The standard InChI is InChI=1S/C14H18N2O/c1-3-5-8-12(15-11-6-4-2)13-9-7-10-14(17)16-13/h4,6-11H,3,5H2,1-2H3,(H,16,17)/b6-4-,12-8+,15-11+. The number of aromatic amines is 1. The van der Waals surface area contributed by atoms with Crippen LogP contribution in [0.1, 0.15) is 32.4 Å². The minimum absolute atomic E-state index is 0.105. The smallest absolute Gasteiger partial charge is 0.248 e. The summed E-state index contributed by atoms with van der Waals surface area (Å²) >= 11 is 0. The van der Waals surface area contributed by atoms with E-state index in [2.05, 4.69) is 16.9 Å². The van der Waals surface area contributed by atoms with Crippen molar-refractivity contribution in [1.29, 1.82) is 0 Å². The summed E-state index contributed by atoms with van der Waals surface area (Å²) in [4.78, 5) is 18.4. The number of nitrogens with zero attached hydrogens (tertiary/aromatic N) is 1. The first kappa shape index (κ1) is 13.2. The molecule has 90 valence electrons. The molecule has 0 saturated heterocycles. The summed E-state index contributed by atoms with van der Waals surface area (Å²) in [6.45, 7) is 4.04. The van der Waals surface area contributed by atoms with Gasteiger partial charge in [0.1, 0.15) is 0 Å². The second-order valence-electron chi connectivity index (χ2n) is 3.61. The topological polar surface area (TPSA) is 45.2 Å². The number of hydrogen-bond donors (Lipinski definition) is 1. The molecule has 1 rings (SSSR count). The van der Waals surface area contributed by atoms with Gasteiger partial charge in [0.25, 0.3) is 0 Å². The molecule has 0 spiro atoms. The van der Waals surface area contributed by atoms with Crippen molar-refractivity contribution in [3.05, 3.63) is 52.5 Å². The Morgan fingerprint density at radius 1 is 1.47 bits per heavy atom. The van der Waals surface area contributed by atoms with E-state index < -0.39 is 0 Å². The van der Waals surface area contributed by atoms with Gasteiger partial charge in [-0.1, -0.05) is 31.6 Å². The fourth-order valence-corrected chi connectivity index (χ4v) is 1.32. The number of pyridine rings is 1. The zero-order valence-corrected chi connectivity index (χ0v) is 10.3. The molecule has 0 aliphatic carbocycles. The molecule has 0 aliphatic heterocycles. The minimum atomic E-state index is -0.105. The van der Waals surface area contributed by atoms with Crippen molar-refractivity contribution in [2.75, 3.05) is 0 Å². The van der Waals surface area contributed by atoms with Crippen LogP contribution in [0, 0.1) is 0 Å². The average molecular weight is 230 g/mol. The zero-order chi connectivity index (χ0) is 12.5. The lowest BCUT2D eigenvalue weighted by Gasteiger charge is -2.01. The Kier molecular flexibility index (Phi) is 5.72. The van der Waals surface area contributed by atoms with Gasteiger partial charge in [0, 0.05) is 12.3 Å². The quantitative estimate of drug-likeness (QED) is 0.776. The van der Waals surface area contributed by atoms with Gasteiger partial charge >= 0.3 is 0 Å². The Morgan fingerprint density at radius 2 is 2.29 bits per heavy atom. The first-order valence-corrected chi connectivity index (χ1v) is 5.83. The van der Waals surface area contributed by atoms with E-state index in [1.165, 1.54) is 6.07 Å². The van der Waals surface area contributed by atoms with Crippen LogP contribution in [-0.2, 0) is 0 Å².